The SMILES string of the molecule is O=C(N[C@H]1CCCCCC[C@@H]1O)c1ccon1. The van der Waals surface area contributed by atoms with Crippen molar-refractivity contribution in [2.75, 3.05) is 0 Å². The molecule has 0 aromatic carbocycles. The van der Waals surface area contributed by atoms with Crippen LogP contribution in [0.1, 0.15) is 49.0 Å². The number of nitrogens with one attached hydrogen (secondary N) is 1. The van der Waals surface area contributed by atoms with Gasteiger partial charge in [-0.25, -0.2) is 0 Å². The van der Waals surface area contributed by atoms with Gasteiger partial charge in [-0.3, -0.25) is 4.79 Å². The molecule has 2 atom stereocenters. The van der Waals surface area contributed by atoms with E-state index in [1.54, 1.807) is 0 Å². The minimum absolute atomic E-state index is 0.167. The minimum atomic E-state index is -0.453. The molecule has 2 N–H and O–H groups in total. The van der Waals surface area contributed by atoms with E-state index in [0.29, 0.717) is 0 Å². The molecule has 5 nitrogen and oxygen atoms in total. The highest BCUT2D eigenvalue weighted by molar-refractivity contribution is 5.92. The molecule has 1 saturated carbocycles. The van der Waals surface area contributed by atoms with E-state index in [4.69, 9.17) is 0 Å². The molecule has 1 heterocycles. The molecule has 0 spiro atoms. The molecule has 0 radical (unpaired) electrons. The normalized spacial score (nSPS) is 25.9. The van der Waals surface area contributed by atoms with Crippen LogP contribution in [0.5, 0.6) is 0 Å². The second-order valence-electron chi connectivity index (χ2n) is 4.52. The van der Waals surface area contributed by atoms with Crippen LogP contribution >= 0.6 is 0 Å². The zero-order chi connectivity index (χ0) is 12.1. The number of aliphatic hydroxyl groups is 1. The summed E-state index contributed by atoms with van der Waals surface area (Å²) in [6.07, 6.45) is 6.89. The quantitative estimate of drug-likeness (QED) is 0.818. The predicted octanol–water partition coefficient (Wildman–Crippen LogP) is 1.49. The lowest BCUT2D eigenvalue weighted by Crippen LogP contribution is -2.43. The van der Waals surface area contributed by atoms with Gasteiger partial charge in [0, 0.05) is 6.07 Å². The monoisotopic (exact) mass is 238 g/mol. The molecule has 94 valence electrons. The third-order valence-corrected chi connectivity index (χ3v) is 3.22. The van der Waals surface area contributed by atoms with Gasteiger partial charge in [0.25, 0.3) is 5.91 Å². The van der Waals surface area contributed by atoms with E-state index in [1.165, 1.54) is 25.2 Å². The van der Waals surface area contributed by atoms with Crippen LogP contribution < -0.4 is 5.32 Å². The van der Waals surface area contributed by atoms with E-state index < -0.39 is 6.10 Å². The second kappa shape index (κ2) is 5.82. The Morgan fingerprint density at radius 2 is 2.12 bits per heavy atom. The van der Waals surface area contributed by atoms with Crippen molar-refractivity contribution in [2.24, 2.45) is 0 Å². The van der Waals surface area contributed by atoms with Gasteiger partial charge in [0.1, 0.15) is 6.26 Å². The fourth-order valence-corrected chi connectivity index (χ4v) is 2.21. The lowest BCUT2D eigenvalue weighted by atomic mass is 9.94. The molecule has 2 rings (SSSR count). The first-order chi connectivity index (χ1) is 8.27. The molecule has 1 aromatic heterocycles. The van der Waals surface area contributed by atoms with Gasteiger partial charge >= 0.3 is 0 Å². The van der Waals surface area contributed by atoms with E-state index in [-0.39, 0.29) is 17.6 Å². The third kappa shape index (κ3) is 3.30. The Morgan fingerprint density at radius 3 is 2.82 bits per heavy atom. The molecule has 1 fully saturated rings. The van der Waals surface area contributed by atoms with Crippen LogP contribution in [0.15, 0.2) is 16.9 Å². The molecule has 0 bridgehead atoms. The Hall–Kier alpha value is -1.36. The van der Waals surface area contributed by atoms with Gasteiger partial charge in [0.05, 0.1) is 12.1 Å². The van der Waals surface area contributed by atoms with Gasteiger partial charge in [-0.05, 0) is 12.8 Å². The first kappa shape index (κ1) is 12.1. The molecular formula is C12H18N2O3. The largest absolute Gasteiger partial charge is 0.391 e. The van der Waals surface area contributed by atoms with Crippen molar-refractivity contribution in [3.63, 3.8) is 0 Å². The molecule has 17 heavy (non-hydrogen) atoms. The maximum absolute atomic E-state index is 11.8. The van der Waals surface area contributed by atoms with Crippen molar-refractivity contribution in [1.82, 2.24) is 10.5 Å². The summed E-state index contributed by atoms with van der Waals surface area (Å²) in [5, 5.41) is 16.4. The average molecular weight is 238 g/mol. The van der Waals surface area contributed by atoms with E-state index in [1.807, 2.05) is 0 Å². The molecule has 0 aliphatic heterocycles. The fourth-order valence-electron chi connectivity index (χ4n) is 2.21. The van der Waals surface area contributed by atoms with Crippen LogP contribution in [0.25, 0.3) is 0 Å². The molecule has 0 unspecified atom stereocenters. The third-order valence-electron chi connectivity index (χ3n) is 3.22. The first-order valence-corrected chi connectivity index (χ1v) is 6.16. The van der Waals surface area contributed by atoms with Crippen LogP contribution in [-0.2, 0) is 0 Å². The highest BCUT2D eigenvalue weighted by Crippen LogP contribution is 2.18. The van der Waals surface area contributed by atoms with Crippen LogP contribution in [0.3, 0.4) is 0 Å². The van der Waals surface area contributed by atoms with Crippen molar-refractivity contribution in [3.05, 3.63) is 18.0 Å². The Balaban J connectivity index is 1.93. The number of aromatic nitrogens is 1. The minimum Gasteiger partial charge on any atom is -0.391 e. The number of carbonyl (C=O) groups excluding carboxylic acids is 1. The molecule has 0 saturated heterocycles. The maximum Gasteiger partial charge on any atom is 0.273 e. The van der Waals surface area contributed by atoms with Gasteiger partial charge in [-0.2, -0.15) is 0 Å². The summed E-state index contributed by atoms with van der Waals surface area (Å²) in [5.74, 6) is -0.275. The number of nitrogens with zero attached hydrogens (tertiary/aromatic N) is 1. The van der Waals surface area contributed by atoms with Crippen LogP contribution in [0.4, 0.5) is 0 Å². The topological polar surface area (TPSA) is 75.4 Å². The molecule has 1 aliphatic carbocycles. The lowest BCUT2D eigenvalue weighted by molar-refractivity contribution is 0.0764. The number of amides is 1. The summed E-state index contributed by atoms with van der Waals surface area (Å²) in [4.78, 5) is 11.8. The fraction of sp³-hybridized carbons (Fsp3) is 0.667. The standard InChI is InChI=1S/C12H18N2O3/c15-11-6-4-2-1-3-5-9(11)13-12(16)10-7-8-17-14-10/h7-9,11,15H,1-6H2,(H,13,16)/t9-,11-/m0/s1. The molecule has 1 aliphatic rings. The molecule has 5 heteroatoms. The second-order valence-corrected chi connectivity index (χ2v) is 4.52. The summed E-state index contributed by atoms with van der Waals surface area (Å²) in [6, 6.07) is 1.35. The van der Waals surface area contributed by atoms with Gasteiger partial charge in [0.15, 0.2) is 5.69 Å². The number of carbonyl (C=O) groups is 1. The van der Waals surface area contributed by atoms with Crippen LogP contribution in [0.2, 0.25) is 0 Å². The average Bonchev–Trinajstić information content (AvgIpc) is 2.82. The number of hydrogen-bond donors (Lipinski definition) is 2. The predicted molar refractivity (Wildman–Crippen MR) is 61.5 cm³/mol. The van der Waals surface area contributed by atoms with Crippen molar-refractivity contribution in [3.8, 4) is 0 Å². The zero-order valence-electron chi connectivity index (χ0n) is 9.76. The smallest absolute Gasteiger partial charge is 0.273 e. The summed E-state index contributed by atoms with van der Waals surface area (Å²) in [6.45, 7) is 0. The van der Waals surface area contributed by atoms with E-state index in [2.05, 4.69) is 15.0 Å². The van der Waals surface area contributed by atoms with Crippen molar-refractivity contribution >= 4 is 5.91 Å². The van der Waals surface area contributed by atoms with Crippen molar-refractivity contribution in [2.45, 2.75) is 50.7 Å². The Bertz CT molecular complexity index is 351. The first-order valence-electron chi connectivity index (χ1n) is 6.16. The van der Waals surface area contributed by atoms with Gasteiger partial charge < -0.3 is 14.9 Å². The van der Waals surface area contributed by atoms with E-state index in [0.717, 1.165) is 25.7 Å². The zero-order valence-corrected chi connectivity index (χ0v) is 9.76. The lowest BCUT2D eigenvalue weighted by Gasteiger charge is -2.25. The van der Waals surface area contributed by atoms with E-state index >= 15 is 0 Å². The molecule has 1 amide bonds. The number of aliphatic hydroxyl groups excluding tert-OH is 1. The molecular weight excluding hydrogens is 220 g/mol. The Kier molecular flexibility index (Phi) is 4.14. The summed E-state index contributed by atoms with van der Waals surface area (Å²) in [7, 11) is 0. The van der Waals surface area contributed by atoms with Crippen LogP contribution in [0, 0.1) is 0 Å². The molecule has 1 aromatic rings. The van der Waals surface area contributed by atoms with Gasteiger partial charge in [-0.15, -0.1) is 0 Å². The highest BCUT2D eigenvalue weighted by atomic mass is 16.5. The summed E-state index contributed by atoms with van der Waals surface area (Å²) >= 11 is 0. The number of rotatable bonds is 2. The highest BCUT2D eigenvalue weighted by Gasteiger charge is 2.23. The Labute approximate surface area is 100 Å². The van der Waals surface area contributed by atoms with Crippen molar-refractivity contribution in [1.29, 1.82) is 0 Å². The van der Waals surface area contributed by atoms with E-state index in [9.17, 15) is 9.90 Å². The van der Waals surface area contributed by atoms with Gasteiger partial charge in [0.2, 0.25) is 0 Å². The maximum atomic E-state index is 11.8. The summed E-state index contributed by atoms with van der Waals surface area (Å²) < 4.78 is 4.62. The number of hydrogen-bond acceptors (Lipinski definition) is 4. The Morgan fingerprint density at radius 1 is 1.35 bits per heavy atom. The van der Waals surface area contributed by atoms with Crippen molar-refractivity contribution < 1.29 is 14.4 Å². The summed E-state index contributed by atoms with van der Waals surface area (Å²) in [5.41, 5.74) is 0.263. The van der Waals surface area contributed by atoms with Crippen LogP contribution in [-0.4, -0.2) is 28.3 Å². The van der Waals surface area contributed by atoms with Gasteiger partial charge in [-0.1, -0.05) is 30.8 Å².